The third kappa shape index (κ3) is 3.88. The maximum absolute atomic E-state index is 9.24. The Bertz CT molecular complexity index is 523. The van der Waals surface area contributed by atoms with Crippen LogP contribution in [0.25, 0.3) is 11.1 Å². The predicted octanol–water partition coefficient (Wildman–Crippen LogP) is 2.61. The zero-order valence-corrected chi connectivity index (χ0v) is 11.4. The molecule has 2 N–H and O–H groups in total. The molecule has 0 saturated heterocycles. The number of benzene rings is 1. The first kappa shape index (κ1) is 13.7. The van der Waals surface area contributed by atoms with E-state index in [0.29, 0.717) is 0 Å². The van der Waals surface area contributed by atoms with Crippen LogP contribution in [0.15, 0.2) is 48.8 Å². The first-order valence-electron chi connectivity index (χ1n) is 6.46. The lowest BCUT2D eigenvalue weighted by atomic mass is 10.0. The summed E-state index contributed by atoms with van der Waals surface area (Å²) in [5, 5.41) is 12.6. The van der Waals surface area contributed by atoms with Crippen LogP contribution in [-0.4, -0.2) is 22.2 Å². The summed E-state index contributed by atoms with van der Waals surface area (Å²) in [6, 6.07) is 12.4. The zero-order chi connectivity index (χ0) is 13.7. The number of nitrogens with zero attached hydrogens (tertiary/aromatic N) is 1. The second kappa shape index (κ2) is 5.95. The summed E-state index contributed by atoms with van der Waals surface area (Å²) in [5.41, 5.74) is 3.30. The lowest BCUT2D eigenvalue weighted by molar-refractivity contribution is 0.187. The highest BCUT2D eigenvalue weighted by atomic mass is 16.3. The Hall–Kier alpha value is -1.71. The molecule has 1 aromatic heterocycles. The van der Waals surface area contributed by atoms with Crippen molar-refractivity contribution in [3.8, 4) is 11.1 Å². The minimum atomic E-state index is -0.257. The molecule has 2 aromatic rings. The Labute approximate surface area is 114 Å². The summed E-state index contributed by atoms with van der Waals surface area (Å²) in [6.07, 6.45) is 3.60. The lowest BCUT2D eigenvalue weighted by Gasteiger charge is -2.23. The molecule has 3 nitrogen and oxygen atoms in total. The quantitative estimate of drug-likeness (QED) is 0.864. The van der Waals surface area contributed by atoms with Gasteiger partial charge in [-0.15, -0.1) is 0 Å². The van der Waals surface area contributed by atoms with Crippen molar-refractivity contribution in [1.29, 1.82) is 0 Å². The molecule has 0 saturated carbocycles. The molecule has 0 radical (unpaired) electrons. The first-order valence-corrected chi connectivity index (χ1v) is 6.46. The maximum Gasteiger partial charge on any atom is 0.0607 e. The van der Waals surface area contributed by atoms with Crippen LogP contribution in [0.1, 0.15) is 19.4 Å². The number of hydrogen-bond donors (Lipinski definition) is 2. The van der Waals surface area contributed by atoms with E-state index in [2.05, 4.69) is 34.6 Å². The average Bonchev–Trinajstić information content (AvgIpc) is 2.47. The Kier molecular flexibility index (Phi) is 4.30. The summed E-state index contributed by atoms with van der Waals surface area (Å²) < 4.78 is 0. The van der Waals surface area contributed by atoms with Gasteiger partial charge in [-0.3, -0.25) is 4.98 Å². The molecular weight excluding hydrogens is 236 g/mol. The van der Waals surface area contributed by atoms with Crippen molar-refractivity contribution < 1.29 is 5.11 Å². The number of pyridine rings is 1. The number of rotatable bonds is 5. The van der Waals surface area contributed by atoms with Gasteiger partial charge in [-0.2, -0.15) is 0 Å². The third-order valence-electron chi connectivity index (χ3n) is 3.11. The number of aromatic nitrogens is 1. The van der Waals surface area contributed by atoms with E-state index in [1.807, 2.05) is 26.0 Å². The van der Waals surface area contributed by atoms with E-state index in [1.165, 1.54) is 16.7 Å². The minimum absolute atomic E-state index is 0.122. The van der Waals surface area contributed by atoms with Crippen molar-refractivity contribution in [3.63, 3.8) is 0 Å². The van der Waals surface area contributed by atoms with Gasteiger partial charge in [0.05, 0.1) is 6.61 Å². The standard InChI is InChI=1S/C16H20N2O/c1-16(2,12-19)18-11-13-4-3-5-15(10-13)14-6-8-17-9-7-14/h3-10,18-19H,11-12H2,1-2H3. The van der Waals surface area contributed by atoms with Gasteiger partial charge in [-0.05, 0) is 48.7 Å². The summed E-state index contributed by atoms with van der Waals surface area (Å²) in [5.74, 6) is 0. The van der Waals surface area contributed by atoms with Gasteiger partial charge in [-0.1, -0.05) is 18.2 Å². The van der Waals surface area contributed by atoms with Gasteiger partial charge in [0.1, 0.15) is 0 Å². The molecule has 0 aliphatic heterocycles. The zero-order valence-electron chi connectivity index (χ0n) is 11.4. The summed E-state index contributed by atoms with van der Waals surface area (Å²) in [4.78, 5) is 4.03. The Morgan fingerprint density at radius 3 is 2.53 bits per heavy atom. The van der Waals surface area contributed by atoms with Gasteiger partial charge >= 0.3 is 0 Å². The largest absolute Gasteiger partial charge is 0.394 e. The van der Waals surface area contributed by atoms with Gasteiger partial charge in [-0.25, -0.2) is 0 Å². The summed E-state index contributed by atoms with van der Waals surface area (Å²) >= 11 is 0. The fourth-order valence-corrected chi connectivity index (χ4v) is 1.80. The van der Waals surface area contributed by atoms with Crippen LogP contribution in [0.2, 0.25) is 0 Å². The average molecular weight is 256 g/mol. The Morgan fingerprint density at radius 2 is 1.84 bits per heavy atom. The molecule has 0 fully saturated rings. The first-order chi connectivity index (χ1) is 9.11. The topological polar surface area (TPSA) is 45.1 Å². The normalized spacial score (nSPS) is 11.5. The van der Waals surface area contributed by atoms with Crippen molar-refractivity contribution in [2.45, 2.75) is 25.9 Å². The highest BCUT2D eigenvalue weighted by molar-refractivity contribution is 5.63. The monoisotopic (exact) mass is 256 g/mol. The van der Waals surface area contributed by atoms with Crippen LogP contribution < -0.4 is 5.32 Å². The van der Waals surface area contributed by atoms with E-state index >= 15 is 0 Å². The van der Waals surface area contributed by atoms with Gasteiger partial charge in [0.15, 0.2) is 0 Å². The molecule has 0 atom stereocenters. The Balaban J connectivity index is 2.12. The maximum atomic E-state index is 9.24. The van der Waals surface area contributed by atoms with Crippen LogP contribution in [0.3, 0.4) is 0 Å². The number of aliphatic hydroxyl groups is 1. The molecule has 0 bridgehead atoms. The van der Waals surface area contributed by atoms with E-state index in [-0.39, 0.29) is 12.1 Å². The highest BCUT2D eigenvalue weighted by Gasteiger charge is 2.14. The molecule has 3 heteroatoms. The SMILES string of the molecule is CC(C)(CO)NCc1cccc(-c2ccncc2)c1. The molecule has 0 spiro atoms. The summed E-state index contributed by atoms with van der Waals surface area (Å²) in [7, 11) is 0. The molecule has 100 valence electrons. The molecule has 0 aliphatic carbocycles. The van der Waals surface area contributed by atoms with Gasteiger partial charge in [0, 0.05) is 24.5 Å². The van der Waals surface area contributed by atoms with E-state index in [4.69, 9.17) is 0 Å². The van der Waals surface area contributed by atoms with Crippen molar-refractivity contribution in [3.05, 3.63) is 54.4 Å². The third-order valence-corrected chi connectivity index (χ3v) is 3.11. The summed E-state index contributed by atoms with van der Waals surface area (Å²) in [6.45, 7) is 4.84. The second-order valence-electron chi connectivity index (χ2n) is 5.33. The van der Waals surface area contributed by atoms with Crippen LogP contribution in [0.5, 0.6) is 0 Å². The molecule has 2 rings (SSSR count). The van der Waals surface area contributed by atoms with Crippen LogP contribution in [0.4, 0.5) is 0 Å². The fourth-order valence-electron chi connectivity index (χ4n) is 1.80. The smallest absolute Gasteiger partial charge is 0.0607 e. The number of hydrogen-bond acceptors (Lipinski definition) is 3. The van der Waals surface area contributed by atoms with Crippen LogP contribution >= 0.6 is 0 Å². The fraction of sp³-hybridized carbons (Fsp3) is 0.312. The van der Waals surface area contributed by atoms with Gasteiger partial charge < -0.3 is 10.4 Å². The highest BCUT2D eigenvalue weighted by Crippen LogP contribution is 2.19. The van der Waals surface area contributed by atoms with Crippen molar-refractivity contribution >= 4 is 0 Å². The molecular formula is C16H20N2O. The van der Waals surface area contributed by atoms with Crippen molar-refractivity contribution in [2.75, 3.05) is 6.61 Å². The number of aliphatic hydroxyl groups excluding tert-OH is 1. The van der Waals surface area contributed by atoms with E-state index in [1.54, 1.807) is 12.4 Å². The Morgan fingerprint density at radius 1 is 1.11 bits per heavy atom. The molecule has 0 amide bonds. The van der Waals surface area contributed by atoms with Crippen molar-refractivity contribution in [1.82, 2.24) is 10.3 Å². The molecule has 1 aromatic carbocycles. The molecule has 0 unspecified atom stereocenters. The van der Waals surface area contributed by atoms with E-state index in [0.717, 1.165) is 6.54 Å². The van der Waals surface area contributed by atoms with Gasteiger partial charge in [0.25, 0.3) is 0 Å². The van der Waals surface area contributed by atoms with Crippen molar-refractivity contribution in [2.24, 2.45) is 0 Å². The van der Waals surface area contributed by atoms with Crippen LogP contribution in [-0.2, 0) is 6.54 Å². The molecule has 1 heterocycles. The van der Waals surface area contributed by atoms with E-state index < -0.39 is 0 Å². The van der Waals surface area contributed by atoms with E-state index in [9.17, 15) is 5.11 Å². The molecule has 0 aliphatic rings. The minimum Gasteiger partial charge on any atom is -0.394 e. The van der Waals surface area contributed by atoms with Gasteiger partial charge in [0.2, 0.25) is 0 Å². The van der Waals surface area contributed by atoms with Crippen LogP contribution in [0, 0.1) is 0 Å². The molecule has 19 heavy (non-hydrogen) atoms. The second-order valence-corrected chi connectivity index (χ2v) is 5.33. The lowest BCUT2D eigenvalue weighted by Crippen LogP contribution is -2.42. The number of nitrogens with one attached hydrogen (secondary N) is 1. The predicted molar refractivity (Wildman–Crippen MR) is 77.7 cm³/mol.